The zero-order chi connectivity index (χ0) is 24.1. The Morgan fingerprint density at radius 2 is 1.61 bits per heavy atom. The predicted molar refractivity (Wildman–Crippen MR) is 133 cm³/mol. The van der Waals surface area contributed by atoms with Crippen molar-refractivity contribution in [3.8, 4) is 0 Å². The van der Waals surface area contributed by atoms with E-state index in [0.29, 0.717) is 18.2 Å². The van der Waals surface area contributed by atoms with Gasteiger partial charge in [-0.2, -0.15) is 0 Å². The summed E-state index contributed by atoms with van der Waals surface area (Å²) in [4.78, 5) is 2.19. The second-order valence-electron chi connectivity index (χ2n) is 11.1. The first-order valence-corrected chi connectivity index (χ1v) is 13.6. The standard InChI is InChI=1S/C26H47ClN2O4/c1-16(2)24(28-25(31)21-13-20(17(3)30)14-23(15-21)33-4)26(32)29-11-9-19(10-12-29)18-5-7-22(27)8-6-18/h14,16-22,24-26,28,30-32H,5-13,15H2,1-4H3/t17?,18?,20?,21?,22?,24-,25?,26?/m1/s1. The number of alkyl halides is 1. The Kier molecular flexibility index (Phi) is 10.4. The molecule has 1 saturated heterocycles. The number of methoxy groups -OCH3 is 1. The Hall–Kier alpha value is -0.370. The monoisotopic (exact) mass is 486 g/mol. The summed E-state index contributed by atoms with van der Waals surface area (Å²) in [5.74, 6) is 2.40. The van der Waals surface area contributed by atoms with E-state index in [1.54, 1.807) is 14.0 Å². The molecule has 33 heavy (non-hydrogen) atoms. The molecule has 0 bridgehead atoms. The minimum atomic E-state index is -0.768. The van der Waals surface area contributed by atoms with Gasteiger partial charge in [0.2, 0.25) is 0 Å². The highest BCUT2D eigenvalue weighted by atomic mass is 35.5. The molecule has 1 heterocycles. The van der Waals surface area contributed by atoms with Gasteiger partial charge in [0.1, 0.15) is 12.5 Å². The molecule has 2 fully saturated rings. The van der Waals surface area contributed by atoms with E-state index >= 15 is 0 Å². The van der Waals surface area contributed by atoms with E-state index in [-0.39, 0.29) is 23.8 Å². The van der Waals surface area contributed by atoms with Gasteiger partial charge in [-0.1, -0.05) is 13.8 Å². The summed E-state index contributed by atoms with van der Waals surface area (Å²) < 4.78 is 5.46. The molecule has 1 aliphatic heterocycles. The van der Waals surface area contributed by atoms with Gasteiger partial charge < -0.3 is 20.1 Å². The lowest BCUT2D eigenvalue weighted by atomic mass is 9.75. The van der Waals surface area contributed by atoms with Crippen LogP contribution in [0.1, 0.15) is 72.1 Å². The SMILES string of the molecule is COC1=CC(C(C)O)CC(C(O)N[C@H](C(C)C)C(O)N2CCC(C3CCC(Cl)CC3)CC2)C1. The number of aliphatic hydroxyl groups is 3. The van der Waals surface area contributed by atoms with E-state index in [1.165, 1.54) is 12.8 Å². The lowest BCUT2D eigenvalue weighted by Crippen LogP contribution is -2.58. The molecule has 0 spiro atoms. The number of nitrogens with zero attached hydrogens (tertiary/aromatic N) is 1. The van der Waals surface area contributed by atoms with Crippen molar-refractivity contribution in [1.29, 1.82) is 0 Å². The second-order valence-corrected chi connectivity index (χ2v) is 11.7. The van der Waals surface area contributed by atoms with Crippen LogP contribution < -0.4 is 5.32 Å². The summed E-state index contributed by atoms with van der Waals surface area (Å²) >= 11 is 6.30. The normalized spacial score (nSPS) is 33.9. The van der Waals surface area contributed by atoms with E-state index in [9.17, 15) is 15.3 Å². The van der Waals surface area contributed by atoms with Gasteiger partial charge in [0.05, 0.1) is 25.0 Å². The number of ether oxygens (including phenoxy) is 1. The summed E-state index contributed by atoms with van der Waals surface area (Å²) in [7, 11) is 1.64. The summed E-state index contributed by atoms with van der Waals surface area (Å²) in [6, 6.07) is -0.231. The Labute approximate surface area is 205 Å². The molecule has 7 heteroatoms. The van der Waals surface area contributed by atoms with Gasteiger partial charge in [-0.3, -0.25) is 10.2 Å². The first kappa shape index (κ1) is 27.2. The first-order chi connectivity index (χ1) is 15.7. The fraction of sp³-hybridized carbons (Fsp3) is 0.923. The minimum Gasteiger partial charge on any atom is -0.501 e. The van der Waals surface area contributed by atoms with Gasteiger partial charge in [-0.05, 0) is 75.7 Å². The van der Waals surface area contributed by atoms with Crippen molar-refractivity contribution in [2.45, 2.75) is 102 Å². The van der Waals surface area contributed by atoms with Crippen LogP contribution >= 0.6 is 11.6 Å². The number of halogens is 1. The molecule has 6 atom stereocenters. The summed E-state index contributed by atoms with van der Waals surface area (Å²) in [5.41, 5.74) is 0. The van der Waals surface area contributed by atoms with Crippen molar-refractivity contribution >= 4 is 11.6 Å². The van der Waals surface area contributed by atoms with Gasteiger partial charge >= 0.3 is 0 Å². The molecule has 4 N–H and O–H groups in total. The third-order valence-electron chi connectivity index (χ3n) is 8.49. The second kappa shape index (κ2) is 12.5. The largest absolute Gasteiger partial charge is 0.501 e. The molecule has 5 unspecified atom stereocenters. The number of piperidine rings is 1. The number of hydrogen-bond donors (Lipinski definition) is 4. The molecule has 192 valence electrons. The molecule has 0 aromatic carbocycles. The average Bonchev–Trinajstić information content (AvgIpc) is 2.82. The molecular formula is C26H47ClN2O4. The van der Waals surface area contributed by atoms with Gasteiger partial charge in [-0.25, -0.2) is 0 Å². The van der Waals surface area contributed by atoms with Crippen molar-refractivity contribution in [3.63, 3.8) is 0 Å². The highest BCUT2D eigenvalue weighted by Gasteiger charge is 2.37. The van der Waals surface area contributed by atoms with Crippen molar-refractivity contribution in [2.75, 3.05) is 20.2 Å². The van der Waals surface area contributed by atoms with Crippen molar-refractivity contribution in [2.24, 2.45) is 29.6 Å². The molecule has 6 nitrogen and oxygen atoms in total. The average molecular weight is 487 g/mol. The van der Waals surface area contributed by atoms with Crippen LogP contribution in [-0.2, 0) is 4.74 Å². The molecule has 2 aliphatic carbocycles. The number of aliphatic hydroxyl groups excluding tert-OH is 3. The van der Waals surface area contributed by atoms with E-state index in [0.717, 1.165) is 56.4 Å². The van der Waals surface area contributed by atoms with Gasteiger partial charge in [0.25, 0.3) is 0 Å². The highest BCUT2D eigenvalue weighted by molar-refractivity contribution is 6.20. The van der Waals surface area contributed by atoms with Crippen LogP contribution in [0.4, 0.5) is 0 Å². The van der Waals surface area contributed by atoms with E-state index in [1.807, 2.05) is 6.08 Å². The molecule has 3 aliphatic rings. The zero-order valence-corrected chi connectivity index (χ0v) is 21.8. The Morgan fingerprint density at radius 1 is 1.00 bits per heavy atom. The molecule has 1 saturated carbocycles. The topological polar surface area (TPSA) is 85.2 Å². The van der Waals surface area contributed by atoms with E-state index in [4.69, 9.17) is 16.3 Å². The number of rotatable bonds is 9. The maximum atomic E-state index is 11.3. The molecular weight excluding hydrogens is 440 g/mol. The van der Waals surface area contributed by atoms with Gasteiger partial charge in [0.15, 0.2) is 0 Å². The van der Waals surface area contributed by atoms with Crippen molar-refractivity contribution in [3.05, 3.63) is 11.8 Å². The summed E-state index contributed by atoms with van der Waals surface area (Å²) in [6.07, 6.45) is 8.44. The maximum Gasteiger partial charge on any atom is 0.123 e. The van der Waals surface area contributed by atoms with Gasteiger partial charge in [0, 0.05) is 36.7 Å². The fourth-order valence-corrected chi connectivity index (χ4v) is 6.43. The van der Waals surface area contributed by atoms with E-state index < -0.39 is 18.6 Å². The van der Waals surface area contributed by atoms with E-state index in [2.05, 4.69) is 24.1 Å². The molecule has 3 rings (SSSR count). The zero-order valence-electron chi connectivity index (χ0n) is 21.0. The van der Waals surface area contributed by atoms with Crippen molar-refractivity contribution in [1.82, 2.24) is 10.2 Å². The molecule has 0 aromatic heterocycles. The first-order valence-electron chi connectivity index (χ1n) is 13.1. The Bertz CT molecular complexity index is 615. The van der Waals surface area contributed by atoms with Gasteiger partial charge in [-0.15, -0.1) is 11.6 Å². The quantitative estimate of drug-likeness (QED) is 0.294. The fourth-order valence-electron chi connectivity index (χ4n) is 6.18. The lowest BCUT2D eigenvalue weighted by molar-refractivity contribution is -0.0763. The number of likely N-dealkylation sites (tertiary alicyclic amines) is 1. The van der Waals surface area contributed by atoms with Crippen LogP contribution in [0.25, 0.3) is 0 Å². The highest BCUT2D eigenvalue weighted by Crippen LogP contribution is 2.38. The maximum absolute atomic E-state index is 11.3. The third-order valence-corrected chi connectivity index (χ3v) is 8.92. The predicted octanol–water partition coefficient (Wildman–Crippen LogP) is 3.68. The Balaban J connectivity index is 1.55. The summed E-state index contributed by atoms with van der Waals surface area (Å²) in [6.45, 7) is 7.76. The number of nitrogens with one attached hydrogen (secondary N) is 1. The molecule has 0 radical (unpaired) electrons. The minimum absolute atomic E-state index is 0.0366. The molecule has 0 aromatic rings. The van der Waals surface area contributed by atoms with Crippen LogP contribution in [0.2, 0.25) is 0 Å². The van der Waals surface area contributed by atoms with Crippen LogP contribution in [0.15, 0.2) is 11.8 Å². The third kappa shape index (κ3) is 7.31. The lowest BCUT2D eigenvalue weighted by Gasteiger charge is -2.43. The van der Waals surface area contributed by atoms with Crippen LogP contribution in [-0.4, -0.2) is 70.4 Å². The number of hydrogen-bond acceptors (Lipinski definition) is 6. The van der Waals surface area contributed by atoms with Crippen LogP contribution in [0.3, 0.4) is 0 Å². The Morgan fingerprint density at radius 3 is 2.15 bits per heavy atom. The summed E-state index contributed by atoms with van der Waals surface area (Å²) in [5, 5.41) is 36.2. The van der Waals surface area contributed by atoms with Crippen LogP contribution in [0.5, 0.6) is 0 Å². The van der Waals surface area contributed by atoms with Crippen LogP contribution in [0, 0.1) is 29.6 Å². The smallest absolute Gasteiger partial charge is 0.123 e. The molecule has 0 amide bonds. The number of allylic oxidation sites excluding steroid dienone is 1. The van der Waals surface area contributed by atoms with Crippen molar-refractivity contribution < 1.29 is 20.1 Å².